The number of aliphatic hydroxyl groups is 1. The van der Waals surface area contributed by atoms with Gasteiger partial charge in [-0.3, -0.25) is 0 Å². The highest BCUT2D eigenvalue weighted by atomic mass is 16.6. The van der Waals surface area contributed by atoms with Gasteiger partial charge in [-0.2, -0.15) is 0 Å². The Hall–Kier alpha value is -1.75. The molecular weight excluding hydrogens is 248 g/mol. The molecule has 3 rings (SSSR count). The van der Waals surface area contributed by atoms with Gasteiger partial charge < -0.3 is 19.3 Å². The number of methoxy groups -OCH3 is 1. The van der Waals surface area contributed by atoms with E-state index in [0.717, 1.165) is 18.4 Å². The van der Waals surface area contributed by atoms with Crippen LogP contribution in [0.5, 0.6) is 11.5 Å². The average molecular weight is 264 g/mol. The second-order valence-electron chi connectivity index (χ2n) is 4.87. The lowest BCUT2D eigenvalue weighted by molar-refractivity contribution is -0.142. The standard InChI is InChI=1S/C14H16O5/c1-17-12(16)7-18-11-4-2-3-8-13-9(15)5-6-10(13)19-14(8)11/h2-4,9-10,13,15H,5-7H2,1H3. The molecule has 2 aliphatic rings. The number of carbonyl (C=O) groups excluding carboxylic acids is 1. The third-order valence-electron chi connectivity index (χ3n) is 3.77. The van der Waals surface area contributed by atoms with E-state index >= 15 is 0 Å². The first-order chi connectivity index (χ1) is 9.20. The molecule has 1 fully saturated rings. The molecule has 1 saturated carbocycles. The lowest BCUT2D eigenvalue weighted by atomic mass is 9.95. The summed E-state index contributed by atoms with van der Waals surface area (Å²) < 4.78 is 15.8. The molecule has 3 unspecified atom stereocenters. The summed E-state index contributed by atoms with van der Waals surface area (Å²) in [5.74, 6) is 0.775. The number of esters is 1. The molecule has 5 nitrogen and oxygen atoms in total. The van der Waals surface area contributed by atoms with Gasteiger partial charge in [-0.1, -0.05) is 12.1 Å². The van der Waals surface area contributed by atoms with Crippen molar-refractivity contribution < 1.29 is 24.1 Å². The van der Waals surface area contributed by atoms with Gasteiger partial charge in [-0.15, -0.1) is 0 Å². The zero-order valence-electron chi connectivity index (χ0n) is 10.7. The van der Waals surface area contributed by atoms with Gasteiger partial charge in [0.25, 0.3) is 0 Å². The van der Waals surface area contributed by atoms with Crippen LogP contribution in [0.3, 0.4) is 0 Å². The fourth-order valence-corrected chi connectivity index (χ4v) is 2.86. The molecule has 102 valence electrons. The zero-order valence-corrected chi connectivity index (χ0v) is 10.7. The van der Waals surface area contributed by atoms with E-state index in [-0.39, 0.29) is 24.7 Å². The maximum Gasteiger partial charge on any atom is 0.343 e. The first kappa shape index (κ1) is 12.3. The fourth-order valence-electron chi connectivity index (χ4n) is 2.86. The predicted molar refractivity (Wildman–Crippen MR) is 66.4 cm³/mol. The molecule has 1 aliphatic carbocycles. The van der Waals surface area contributed by atoms with Gasteiger partial charge in [0.15, 0.2) is 18.1 Å². The van der Waals surface area contributed by atoms with Gasteiger partial charge in [0.05, 0.1) is 19.1 Å². The smallest absolute Gasteiger partial charge is 0.343 e. The van der Waals surface area contributed by atoms with Crippen LogP contribution in [-0.2, 0) is 9.53 Å². The Labute approximate surface area is 111 Å². The van der Waals surface area contributed by atoms with Crippen LogP contribution >= 0.6 is 0 Å². The van der Waals surface area contributed by atoms with Gasteiger partial charge in [0.2, 0.25) is 0 Å². The first-order valence-corrected chi connectivity index (χ1v) is 6.38. The second kappa shape index (κ2) is 4.74. The molecule has 1 aromatic rings. The van der Waals surface area contributed by atoms with Crippen molar-refractivity contribution in [3.8, 4) is 11.5 Å². The van der Waals surface area contributed by atoms with E-state index < -0.39 is 5.97 Å². The molecule has 1 aromatic carbocycles. The number of fused-ring (bicyclic) bond motifs is 3. The number of para-hydroxylation sites is 1. The van der Waals surface area contributed by atoms with Crippen LogP contribution in [0.4, 0.5) is 0 Å². The van der Waals surface area contributed by atoms with E-state index in [1.165, 1.54) is 7.11 Å². The number of hydrogen-bond acceptors (Lipinski definition) is 5. The summed E-state index contributed by atoms with van der Waals surface area (Å²) in [5.41, 5.74) is 0.970. The number of benzene rings is 1. The van der Waals surface area contributed by atoms with Crippen molar-refractivity contribution in [2.45, 2.75) is 31.0 Å². The largest absolute Gasteiger partial charge is 0.485 e. The minimum Gasteiger partial charge on any atom is -0.485 e. The molecule has 0 spiro atoms. The van der Waals surface area contributed by atoms with Gasteiger partial charge >= 0.3 is 5.97 Å². The summed E-state index contributed by atoms with van der Waals surface area (Å²) in [6.45, 7) is -0.145. The van der Waals surface area contributed by atoms with Crippen molar-refractivity contribution in [3.05, 3.63) is 23.8 Å². The first-order valence-electron chi connectivity index (χ1n) is 6.38. The van der Waals surface area contributed by atoms with Crippen molar-refractivity contribution in [3.63, 3.8) is 0 Å². The third-order valence-corrected chi connectivity index (χ3v) is 3.77. The Morgan fingerprint density at radius 3 is 3.11 bits per heavy atom. The fraction of sp³-hybridized carbons (Fsp3) is 0.500. The van der Waals surface area contributed by atoms with Crippen molar-refractivity contribution >= 4 is 5.97 Å². The average Bonchev–Trinajstić information content (AvgIpc) is 2.96. The summed E-state index contributed by atoms with van der Waals surface area (Å²) in [6.07, 6.45) is 1.27. The van der Waals surface area contributed by atoms with E-state index in [4.69, 9.17) is 9.47 Å². The predicted octanol–water partition coefficient (Wildman–Crippen LogP) is 1.24. The molecule has 0 aromatic heterocycles. The summed E-state index contributed by atoms with van der Waals surface area (Å²) in [7, 11) is 1.32. The summed E-state index contributed by atoms with van der Waals surface area (Å²) in [5, 5.41) is 10.00. The number of hydrogen-bond donors (Lipinski definition) is 1. The Bertz CT molecular complexity index is 499. The van der Waals surface area contributed by atoms with E-state index in [2.05, 4.69) is 4.74 Å². The van der Waals surface area contributed by atoms with Crippen LogP contribution in [0.1, 0.15) is 24.3 Å². The molecule has 3 atom stereocenters. The number of ether oxygens (including phenoxy) is 3. The Morgan fingerprint density at radius 2 is 2.32 bits per heavy atom. The van der Waals surface area contributed by atoms with Crippen LogP contribution in [0, 0.1) is 0 Å². The van der Waals surface area contributed by atoms with E-state index in [1.807, 2.05) is 12.1 Å². The third kappa shape index (κ3) is 2.04. The summed E-state index contributed by atoms with van der Waals surface area (Å²) >= 11 is 0. The minimum atomic E-state index is -0.434. The van der Waals surface area contributed by atoms with Gasteiger partial charge in [0, 0.05) is 5.56 Å². The zero-order chi connectivity index (χ0) is 13.4. The number of carbonyl (C=O) groups is 1. The molecule has 0 amide bonds. The molecule has 1 aliphatic heterocycles. The van der Waals surface area contributed by atoms with Gasteiger partial charge in [-0.25, -0.2) is 4.79 Å². The molecule has 19 heavy (non-hydrogen) atoms. The van der Waals surface area contributed by atoms with Crippen molar-refractivity contribution in [1.82, 2.24) is 0 Å². The Balaban J connectivity index is 1.84. The quantitative estimate of drug-likeness (QED) is 0.832. The van der Waals surface area contributed by atoms with E-state index in [1.54, 1.807) is 6.07 Å². The monoisotopic (exact) mass is 264 g/mol. The topological polar surface area (TPSA) is 65.0 Å². The SMILES string of the molecule is COC(=O)COc1cccc2c1OC1CCC(O)C21. The van der Waals surface area contributed by atoms with E-state index in [9.17, 15) is 9.90 Å². The molecular formula is C14H16O5. The maximum absolute atomic E-state index is 11.1. The number of rotatable bonds is 3. The molecule has 1 heterocycles. The van der Waals surface area contributed by atoms with E-state index in [0.29, 0.717) is 11.5 Å². The molecule has 0 bridgehead atoms. The normalized spacial score (nSPS) is 27.4. The highest BCUT2D eigenvalue weighted by Gasteiger charge is 2.45. The van der Waals surface area contributed by atoms with Crippen molar-refractivity contribution in [1.29, 1.82) is 0 Å². The van der Waals surface area contributed by atoms with Crippen LogP contribution in [0.15, 0.2) is 18.2 Å². The summed E-state index contributed by atoms with van der Waals surface area (Å²) in [4.78, 5) is 11.1. The van der Waals surface area contributed by atoms with Crippen molar-refractivity contribution in [2.75, 3.05) is 13.7 Å². The Kier molecular flexibility index (Phi) is 3.06. The van der Waals surface area contributed by atoms with Gasteiger partial charge in [-0.05, 0) is 18.9 Å². The maximum atomic E-state index is 11.1. The van der Waals surface area contributed by atoms with Crippen LogP contribution in [-0.4, -0.2) is 37.0 Å². The summed E-state index contributed by atoms with van der Waals surface area (Å²) in [6, 6.07) is 5.55. The minimum absolute atomic E-state index is 0.0212. The lowest BCUT2D eigenvalue weighted by Gasteiger charge is -2.12. The second-order valence-corrected chi connectivity index (χ2v) is 4.87. The highest BCUT2D eigenvalue weighted by molar-refractivity contribution is 5.71. The highest BCUT2D eigenvalue weighted by Crippen LogP contribution is 2.50. The molecule has 1 N–H and O–H groups in total. The molecule has 0 radical (unpaired) electrons. The van der Waals surface area contributed by atoms with Crippen LogP contribution in [0.2, 0.25) is 0 Å². The molecule has 0 saturated heterocycles. The lowest BCUT2D eigenvalue weighted by Crippen LogP contribution is -2.18. The van der Waals surface area contributed by atoms with Crippen LogP contribution in [0.25, 0.3) is 0 Å². The van der Waals surface area contributed by atoms with Crippen molar-refractivity contribution in [2.24, 2.45) is 0 Å². The molecule has 5 heteroatoms. The van der Waals surface area contributed by atoms with Gasteiger partial charge in [0.1, 0.15) is 6.10 Å². The van der Waals surface area contributed by atoms with Crippen LogP contribution < -0.4 is 9.47 Å². The Morgan fingerprint density at radius 1 is 1.47 bits per heavy atom. The number of aliphatic hydroxyl groups excluding tert-OH is 1.